The van der Waals surface area contributed by atoms with E-state index in [0.29, 0.717) is 28.9 Å². The van der Waals surface area contributed by atoms with Gasteiger partial charge in [0.1, 0.15) is 18.1 Å². The highest BCUT2D eigenvalue weighted by Crippen LogP contribution is 2.20. The predicted molar refractivity (Wildman–Crippen MR) is 124 cm³/mol. The molecule has 0 radical (unpaired) electrons. The fourth-order valence-corrected chi connectivity index (χ4v) is 3.39. The third-order valence-corrected chi connectivity index (χ3v) is 5.14. The first-order valence-electron chi connectivity index (χ1n) is 10.4. The van der Waals surface area contributed by atoms with E-state index in [2.05, 4.69) is 36.4 Å². The van der Waals surface area contributed by atoms with Crippen LogP contribution in [0.5, 0.6) is 5.75 Å². The molecule has 0 bridgehead atoms. The highest BCUT2D eigenvalue weighted by Gasteiger charge is 2.12. The SMILES string of the molecule is CC(C)c1ccc(OCc2ccc(C(=O)Nc3cccc(Cn4cc(Cl)cn4)c3)o2)cc1. The second-order valence-electron chi connectivity index (χ2n) is 7.79. The zero-order valence-corrected chi connectivity index (χ0v) is 18.7. The molecule has 7 heteroatoms. The number of rotatable bonds is 8. The van der Waals surface area contributed by atoms with Crippen LogP contribution < -0.4 is 10.1 Å². The largest absolute Gasteiger partial charge is 0.486 e. The van der Waals surface area contributed by atoms with E-state index in [0.717, 1.165) is 11.3 Å². The van der Waals surface area contributed by atoms with Gasteiger partial charge < -0.3 is 14.5 Å². The molecular weight excluding hydrogens is 426 g/mol. The molecule has 4 aromatic rings. The van der Waals surface area contributed by atoms with Crippen molar-refractivity contribution in [1.82, 2.24) is 9.78 Å². The van der Waals surface area contributed by atoms with Crippen molar-refractivity contribution in [3.8, 4) is 5.75 Å². The topological polar surface area (TPSA) is 69.3 Å². The van der Waals surface area contributed by atoms with E-state index in [4.69, 9.17) is 20.8 Å². The molecule has 0 aliphatic heterocycles. The average Bonchev–Trinajstić information content (AvgIpc) is 3.42. The molecular formula is C25H24ClN3O3. The van der Waals surface area contributed by atoms with Gasteiger partial charge in [0, 0.05) is 11.9 Å². The molecule has 0 aliphatic rings. The van der Waals surface area contributed by atoms with Crippen molar-refractivity contribution >= 4 is 23.2 Å². The van der Waals surface area contributed by atoms with Crippen molar-refractivity contribution < 1.29 is 13.9 Å². The number of nitrogens with one attached hydrogen (secondary N) is 1. The molecule has 2 aromatic heterocycles. The Morgan fingerprint density at radius 2 is 1.97 bits per heavy atom. The summed E-state index contributed by atoms with van der Waals surface area (Å²) in [6, 6.07) is 18.9. The molecule has 2 heterocycles. The number of benzene rings is 2. The molecule has 6 nitrogen and oxygen atoms in total. The molecule has 0 saturated heterocycles. The van der Waals surface area contributed by atoms with Crippen molar-refractivity contribution in [2.75, 3.05) is 5.32 Å². The first-order chi connectivity index (χ1) is 15.5. The van der Waals surface area contributed by atoms with Crippen LogP contribution in [0.15, 0.2) is 77.5 Å². The highest BCUT2D eigenvalue weighted by molar-refractivity contribution is 6.30. The van der Waals surface area contributed by atoms with Gasteiger partial charge in [-0.15, -0.1) is 0 Å². The van der Waals surface area contributed by atoms with Gasteiger partial charge in [0.05, 0.1) is 17.8 Å². The number of carbonyl (C=O) groups excluding carboxylic acids is 1. The maximum atomic E-state index is 12.6. The Kier molecular flexibility index (Phi) is 6.61. The molecule has 0 atom stereocenters. The second kappa shape index (κ2) is 9.75. The smallest absolute Gasteiger partial charge is 0.291 e. The van der Waals surface area contributed by atoms with Crippen LogP contribution in [0.1, 0.15) is 47.2 Å². The lowest BCUT2D eigenvalue weighted by molar-refractivity contribution is 0.0992. The number of aromatic nitrogens is 2. The van der Waals surface area contributed by atoms with Crippen molar-refractivity contribution in [2.24, 2.45) is 0 Å². The molecule has 2 aromatic carbocycles. The fourth-order valence-electron chi connectivity index (χ4n) is 3.23. The van der Waals surface area contributed by atoms with Crippen LogP contribution in [-0.4, -0.2) is 15.7 Å². The number of anilines is 1. The lowest BCUT2D eigenvalue weighted by Crippen LogP contribution is -2.11. The maximum Gasteiger partial charge on any atom is 0.291 e. The van der Waals surface area contributed by atoms with Crippen LogP contribution in [0.3, 0.4) is 0 Å². The number of carbonyl (C=O) groups is 1. The number of furan rings is 1. The molecule has 0 fully saturated rings. The van der Waals surface area contributed by atoms with Crippen molar-refractivity contribution in [2.45, 2.75) is 32.9 Å². The second-order valence-corrected chi connectivity index (χ2v) is 8.23. The van der Waals surface area contributed by atoms with Gasteiger partial charge in [-0.05, 0) is 53.4 Å². The standard InChI is InChI=1S/C25H24ClN3O3/c1-17(2)19-6-8-22(9-7-19)31-16-23-10-11-24(32-23)25(30)28-21-5-3-4-18(12-21)14-29-15-20(26)13-27-29/h3-13,15,17H,14,16H2,1-2H3,(H,28,30). The number of hydrogen-bond donors (Lipinski definition) is 1. The molecule has 32 heavy (non-hydrogen) atoms. The van der Waals surface area contributed by atoms with E-state index in [-0.39, 0.29) is 18.3 Å². The van der Waals surface area contributed by atoms with Crippen LogP contribution >= 0.6 is 11.6 Å². The lowest BCUT2D eigenvalue weighted by Gasteiger charge is -2.08. The first kappa shape index (κ1) is 21.7. The number of nitrogens with zero attached hydrogens (tertiary/aromatic N) is 2. The van der Waals surface area contributed by atoms with Gasteiger partial charge >= 0.3 is 0 Å². The maximum absolute atomic E-state index is 12.6. The van der Waals surface area contributed by atoms with E-state index in [1.807, 2.05) is 36.4 Å². The number of hydrogen-bond acceptors (Lipinski definition) is 4. The van der Waals surface area contributed by atoms with E-state index in [9.17, 15) is 4.79 Å². The van der Waals surface area contributed by atoms with Crippen LogP contribution in [0, 0.1) is 0 Å². The Bertz CT molecular complexity index is 1200. The van der Waals surface area contributed by atoms with Crippen molar-refractivity contribution in [1.29, 1.82) is 0 Å². The Labute approximate surface area is 191 Å². The summed E-state index contributed by atoms with van der Waals surface area (Å²) in [6.45, 7) is 5.10. The Balaban J connectivity index is 1.34. The first-order valence-corrected chi connectivity index (χ1v) is 10.7. The zero-order valence-electron chi connectivity index (χ0n) is 17.9. The minimum Gasteiger partial charge on any atom is -0.486 e. The number of ether oxygens (including phenoxy) is 1. The van der Waals surface area contributed by atoms with E-state index in [1.54, 1.807) is 29.2 Å². The molecule has 164 valence electrons. The van der Waals surface area contributed by atoms with Gasteiger partial charge in [0.25, 0.3) is 5.91 Å². The van der Waals surface area contributed by atoms with Gasteiger partial charge in [0.2, 0.25) is 0 Å². The fraction of sp³-hybridized carbons (Fsp3) is 0.200. The van der Waals surface area contributed by atoms with Gasteiger partial charge in [-0.3, -0.25) is 9.48 Å². The minimum absolute atomic E-state index is 0.225. The molecule has 1 N–H and O–H groups in total. The Hall–Kier alpha value is -3.51. The molecule has 0 unspecified atom stereocenters. The molecule has 4 rings (SSSR count). The summed E-state index contributed by atoms with van der Waals surface area (Å²) in [7, 11) is 0. The predicted octanol–water partition coefficient (Wildman–Crippen LogP) is 6.13. The van der Waals surface area contributed by atoms with Crippen LogP contribution in [0.25, 0.3) is 0 Å². The highest BCUT2D eigenvalue weighted by atomic mass is 35.5. The van der Waals surface area contributed by atoms with E-state index in [1.165, 1.54) is 5.56 Å². The third-order valence-electron chi connectivity index (χ3n) is 4.94. The van der Waals surface area contributed by atoms with Crippen molar-refractivity contribution in [3.63, 3.8) is 0 Å². The summed E-state index contributed by atoms with van der Waals surface area (Å²) < 4.78 is 13.2. The summed E-state index contributed by atoms with van der Waals surface area (Å²) in [5.74, 6) is 1.71. The van der Waals surface area contributed by atoms with Crippen LogP contribution in [-0.2, 0) is 13.2 Å². The molecule has 0 spiro atoms. The Morgan fingerprint density at radius 1 is 1.16 bits per heavy atom. The van der Waals surface area contributed by atoms with Gasteiger partial charge in [-0.25, -0.2) is 0 Å². The number of halogens is 1. The molecule has 1 amide bonds. The third kappa shape index (κ3) is 5.59. The van der Waals surface area contributed by atoms with Gasteiger partial charge in [0.15, 0.2) is 5.76 Å². The van der Waals surface area contributed by atoms with E-state index >= 15 is 0 Å². The van der Waals surface area contributed by atoms with Gasteiger partial charge in [-0.1, -0.05) is 49.7 Å². The van der Waals surface area contributed by atoms with Gasteiger partial charge in [-0.2, -0.15) is 5.10 Å². The Morgan fingerprint density at radius 3 is 2.69 bits per heavy atom. The summed E-state index contributed by atoms with van der Waals surface area (Å²) >= 11 is 5.91. The van der Waals surface area contributed by atoms with E-state index < -0.39 is 0 Å². The summed E-state index contributed by atoms with van der Waals surface area (Å²) in [4.78, 5) is 12.6. The van der Waals surface area contributed by atoms with Crippen LogP contribution in [0.2, 0.25) is 5.02 Å². The van der Waals surface area contributed by atoms with Crippen molar-refractivity contribution in [3.05, 3.63) is 101 Å². The monoisotopic (exact) mass is 449 g/mol. The van der Waals surface area contributed by atoms with Crippen LogP contribution in [0.4, 0.5) is 5.69 Å². The lowest BCUT2D eigenvalue weighted by atomic mass is 10.0. The molecule has 0 aliphatic carbocycles. The molecule has 0 saturated carbocycles. The number of amides is 1. The summed E-state index contributed by atoms with van der Waals surface area (Å²) in [5.41, 5.74) is 2.91. The normalized spacial score (nSPS) is 11.0. The minimum atomic E-state index is -0.322. The quantitative estimate of drug-likeness (QED) is 0.351. The average molecular weight is 450 g/mol. The summed E-state index contributed by atoms with van der Waals surface area (Å²) in [5, 5.41) is 7.62. The zero-order chi connectivity index (χ0) is 22.5. The summed E-state index contributed by atoms with van der Waals surface area (Å²) in [6.07, 6.45) is 3.34.